The lowest BCUT2D eigenvalue weighted by atomic mass is 10.2. The van der Waals surface area contributed by atoms with Crippen LogP contribution in [0.3, 0.4) is 0 Å². The van der Waals surface area contributed by atoms with Crippen molar-refractivity contribution in [1.29, 1.82) is 0 Å². The van der Waals surface area contributed by atoms with E-state index in [4.69, 9.17) is 0 Å². The Kier molecular flexibility index (Phi) is 3.18. The Hall–Kier alpha value is -2.96. The zero-order chi connectivity index (χ0) is 15.8. The number of nitrogens with one attached hydrogen (secondary N) is 1. The summed E-state index contributed by atoms with van der Waals surface area (Å²) in [4.78, 5) is 22.1. The van der Waals surface area contributed by atoms with E-state index in [-0.39, 0.29) is 5.91 Å². The third-order valence-corrected chi connectivity index (χ3v) is 3.90. The maximum absolute atomic E-state index is 11.8. The van der Waals surface area contributed by atoms with Crippen LogP contribution in [0.25, 0.3) is 5.78 Å². The van der Waals surface area contributed by atoms with Crippen LogP contribution >= 0.6 is 0 Å². The number of rotatable bonds is 3. The van der Waals surface area contributed by atoms with Crippen LogP contribution in [0.2, 0.25) is 0 Å². The maximum Gasteiger partial charge on any atom is 0.254 e. The van der Waals surface area contributed by atoms with Crippen molar-refractivity contribution in [3.63, 3.8) is 0 Å². The second-order valence-electron chi connectivity index (χ2n) is 5.58. The number of carbonyl (C=O) groups is 1. The first-order valence-corrected chi connectivity index (χ1v) is 7.55. The van der Waals surface area contributed by atoms with E-state index in [0.717, 1.165) is 35.9 Å². The summed E-state index contributed by atoms with van der Waals surface area (Å²) in [5.41, 5.74) is 2.73. The van der Waals surface area contributed by atoms with Crippen LogP contribution in [-0.2, 0) is 4.79 Å². The molecule has 1 amide bonds. The van der Waals surface area contributed by atoms with Crippen molar-refractivity contribution in [1.82, 2.24) is 19.6 Å². The van der Waals surface area contributed by atoms with E-state index in [2.05, 4.69) is 20.4 Å². The van der Waals surface area contributed by atoms with Crippen molar-refractivity contribution in [2.24, 2.45) is 0 Å². The van der Waals surface area contributed by atoms with Crippen molar-refractivity contribution in [3.05, 3.63) is 42.4 Å². The highest BCUT2D eigenvalue weighted by Crippen LogP contribution is 2.24. The van der Waals surface area contributed by atoms with E-state index in [1.807, 2.05) is 42.2 Å². The minimum Gasteiger partial charge on any atom is -0.340 e. The number of aromatic nitrogens is 4. The minimum absolute atomic E-state index is 0.194. The van der Waals surface area contributed by atoms with E-state index < -0.39 is 0 Å². The van der Waals surface area contributed by atoms with E-state index in [1.165, 1.54) is 6.33 Å². The lowest BCUT2D eigenvalue weighted by molar-refractivity contribution is -0.117. The second-order valence-corrected chi connectivity index (χ2v) is 5.58. The Morgan fingerprint density at radius 1 is 1.22 bits per heavy atom. The molecule has 1 N–H and O–H groups in total. The van der Waals surface area contributed by atoms with Crippen LogP contribution in [0.15, 0.2) is 36.7 Å². The van der Waals surface area contributed by atoms with Gasteiger partial charge in [0, 0.05) is 36.1 Å². The molecule has 116 valence electrons. The van der Waals surface area contributed by atoms with Crippen LogP contribution in [0.5, 0.6) is 0 Å². The number of hydrogen-bond acceptors (Lipinski definition) is 5. The summed E-state index contributed by atoms with van der Waals surface area (Å²) in [5, 5.41) is 7.49. The summed E-state index contributed by atoms with van der Waals surface area (Å²) in [5.74, 6) is 1.56. The number of amides is 1. The molecule has 7 nitrogen and oxygen atoms in total. The minimum atomic E-state index is 0.194. The Labute approximate surface area is 133 Å². The zero-order valence-electron chi connectivity index (χ0n) is 12.7. The van der Waals surface area contributed by atoms with Crippen LogP contribution < -0.4 is 10.2 Å². The molecule has 1 aliphatic heterocycles. The molecule has 7 heteroatoms. The monoisotopic (exact) mass is 308 g/mol. The van der Waals surface area contributed by atoms with E-state index >= 15 is 0 Å². The molecule has 0 spiro atoms. The van der Waals surface area contributed by atoms with Gasteiger partial charge in [-0.25, -0.2) is 4.98 Å². The molecule has 23 heavy (non-hydrogen) atoms. The van der Waals surface area contributed by atoms with Gasteiger partial charge in [-0.3, -0.25) is 4.79 Å². The van der Waals surface area contributed by atoms with E-state index in [0.29, 0.717) is 12.2 Å². The molecule has 1 aromatic carbocycles. The van der Waals surface area contributed by atoms with Gasteiger partial charge >= 0.3 is 0 Å². The Bertz CT molecular complexity index is 870. The molecule has 0 bridgehead atoms. The molecule has 0 radical (unpaired) electrons. The van der Waals surface area contributed by atoms with Gasteiger partial charge in [0.1, 0.15) is 12.1 Å². The number of carbonyl (C=O) groups excluding carboxylic acids is 1. The first kappa shape index (κ1) is 13.7. The average Bonchev–Trinajstić information content (AvgIpc) is 3.17. The summed E-state index contributed by atoms with van der Waals surface area (Å²) in [7, 11) is 0. The van der Waals surface area contributed by atoms with Gasteiger partial charge in [0.2, 0.25) is 5.91 Å². The Morgan fingerprint density at radius 2 is 2.04 bits per heavy atom. The quantitative estimate of drug-likeness (QED) is 0.803. The van der Waals surface area contributed by atoms with Crippen molar-refractivity contribution in [3.8, 4) is 0 Å². The predicted octanol–water partition coefficient (Wildman–Crippen LogP) is 2.30. The first-order chi connectivity index (χ1) is 11.2. The van der Waals surface area contributed by atoms with Crippen molar-refractivity contribution in [2.45, 2.75) is 19.8 Å². The molecule has 1 fully saturated rings. The van der Waals surface area contributed by atoms with Gasteiger partial charge in [-0.15, -0.1) is 0 Å². The summed E-state index contributed by atoms with van der Waals surface area (Å²) in [6.45, 7) is 2.72. The van der Waals surface area contributed by atoms with Gasteiger partial charge in [-0.1, -0.05) is 0 Å². The third kappa shape index (κ3) is 2.50. The number of hydrogen-bond donors (Lipinski definition) is 1. The number of benzene rings is 1. The van der Waals surface area contributed by atoms with E-state index in [9.17, 15) is 4.79 Å². The molecule has 0 unspecified atom stereocenters. The summed E-state index contributed by atoms with van der Waals surface area (Å²) in [6, 6.07) is 9.74. The number of aryl methyl sites for hydroxylation is 1. The van der Waals surface area contributed by atoms with Gasteiger partial charge < -0.3 is 10.2 Å². The molecule has 1 aliphatic rings. The molecule has 4 rings (SSSR count). The SMILES string of the molecule is Cc1cc(Nc2ccc(N3CCCC3=O)cc2)n2ncnc2n1. The second kappa shape index (κ2) is 5.35. The summed E-state index contributed by atoms with van der Waals surface area (Å²) >= 11 is 0. The fourth-order valence-corrected chi connectivity index (χ4v) is 2.81. The zero-order valence-corrected chi connectivity index (χ0v) is 12.7. The van der Waals surface area contributed by atoms with Crippen molar-refractivity contribution < 1.29 is 4.79 Å². The molecule has 1 saturated heterocycles. The molecule has 2 aromatic heterocycles. The van der Waals surface area contributed by atoms with E-state index in [1.54, 1.807) is 4.52 Å². The predicted molar refractivity (Wildman–Crippen MR) is 86.8 cm³/mol. The Morgan fingerprint density at radius 3 is 2.78 bits per heavy atom. The van der Waals surface area contributed by atoms with Crippen LogP contribution in [0.4, 0.5) is 17.2 Å². The standard InChI is InChI=1S/C16H16N6O/c1-11-9-14(22-16(19-11)17-10-18-22)20-12-4-6-13(7-5-12)21-8-2-3-15(21)23/h4-7,9-10,20H,2-3,8H2,1H3. The third-order valence-electron chi connectivity index (χ3n) is 3.90. The molecule has 0 aliphatic carbocycles. The molecule has 0 saturated carbocycles. The van der Waals surface area contributed by atoms with Gasteiger partial charge in [0.05, 0.1) is 0 Å². The van der Waals surface area contributed by atoms with Crippen molar-refractivity contribution >= 4 is 28.9 Å². The van der Waals surface area contributed by atoms with Gasteiger partial charge in [-0.2, -0.15) is 14.6 Å². The number of fused-ring (bicyclic) bond motifs is 1. The fourth-order valence-electron chi connectivity index (χ4n) is 2.81. The topological polar surface area (TPSA) is 75.4 Å². The van der Waals surface area contributed by atoms with Gasteiger partial charge in [-0.05, 0) is 37.6 Å². The first-order valence-electron chi connectivity index (χ1n) is 7.55. The average molecular weight is 308 g/mol. The molecular weight excluding hydrogens is 292 g/mol. The number of anilines is 3. The highest BCUT2D eigenvalue weighted by atomic mass is 16.2. The van der Waals surface area contributed by atoms with Gasteiger partial charge in [0.25, 0.3) is 5.78 Å². The lowest BCUT2D eigenvalue weighted by Gasteiger charge is -2.16. The molecule has 0 atom stereocenters. The molecule has 3 heterocycles. The van der Waals surface area contributed by atoms with Gasteiger partial charge in [0.15, 0.2) is 0 Å². The fraction of sp³-hybridized carbons (Fsp3) is 0.250. The van der Waals surface area contributed by atoms with Crippen LogP contribution in [-0.4, -0.2) is 32.0 Å². The van der Waals surface area contributed by atoms with Crippen LogP contribution in [0, 0.1) is 6.92 Å². The maximum atomic E-state index is 11.8. The highest BCUT2D eigenvalue weighted by molar-refractivity contribution is 5.95. The summed E-state index contributed by atoms with van der Waals surface area (Å²) < 4.78 is 1.66. The normalized spacial score (nSPS) is 14.7. The lowest BCUT2D eigenvalue weighted by Crippen LogP contribution is -2.23. The largest absolute Gasteiger partial charge is 0.340 e. The molecule has 3 aromatic rings. The smallest absolute Gasteiger partial charge is 0.254 e. The van der Waals surface area contributed by atoms with Crippen molar-refractivity contribution in [2.75, 3.05) is 16.8 Å². The van der Waals surface area contributed by atoms with Crippen LogP contribution in [0.1, 0.15) is 18.5 Å². The number of nitrogens with zero attached hydrogens (tertiary/aromatic N) is 5. The Balaban J connectivity index is 1.61. The molecular formula is C16H16N6O. The summed E-state index contributed by atoms with van der Waals surface area (Å²) in [6.07, 6.45) is 3.05. The highest BCUT2D eigenvalue weighted by Gasteiger charge is 2.21.